The fraction of sp³-hybridized carbons (Fsp3) is 0.667. The second-order valence-electron chi connectivity index (χ2n) is 3.23. The number of hydrogen-bond acceptors (Lipinski definition) is 4. The molecule has 6 heteroatoms. The Labute approximate surface area is 89.6 Å². The first kappa shape index (κ1) is 14.4. The molecule has 0 bridgehead atoms. The van der Waals surface area contributed by atoms with Crippen LogP contribution in [0.2, 0.25) is 0 Å². The van der Waals surface area contributed by atoms with Crippen molar-refractivity contribution in [2.75, 3.05) is 12.8 Å². The van der Waals surface area contributed by atoms with Crippen molar-refractivity contribution in [2.24, 2.45) is 0 Å². The van der Waals surface area contributed by atoms with E-state index in [2.05, 4.69) is 11.1 Å². The fourth-order valence-corrected chi connectivity index (χ4v) is 2.13. The molecule has 0 spiro atoms. The number of carbonyl (C=O) groups excluding carboxylic acids is 1. The maximum absolute atomic E-state index is 11.3. The van der Waals surface area contributed by atoms with Crippen LogP contribution >= 0.6 is 7.60 Å². The Hall–Kier alpha value is -0.640. The average molecular weight is 236 g/mol. The zero-order valence-corrected chi connectivity index (χ0v) is 10.1. The number of esters is 1. The average Bonchev–Trinajstić information content (AvgIpc) is 2.01. The third kappa shape index (κ3) is 6.44. The summed E-state index contributed by atoms with van der Waals surface area (Å²) < 4.78 is 20.8. The summed E-state index contributed by atoms with van der Waals surface area (Å²) in [7, 11) is -3.64. The first-order valence-electron chi connectivity index (χ1n) is 4.61. The Bertz CT molecular complexity index is 286. The van der Waals surface area contributed by atoms with Crippen LogP contribution in [0, 0.1) is 0 Å². The summed E-state index contributed by atoms with van der Waals surface area (Å²) in [6.45, 7) is 8.21. The van der Waals surface area contributed by atoms with E-state index in [0.29, 0.717) is 0 Å². The highest BCUT2D eigenvalue weighted by atomic mass is 31.2. The molecule has 2 unspecified atom stereocenters. The molecule has 2 atom stereocenters. The van der Waals surface area contributed by atoms with Gasteiger partial charge in [0, 0.05) is 5.57 Å². The van der Waals surface area contributed by atoms with Crippen molar-refractivity contribution >= 4 is 13.6 Å². The van der Waals surface area contributed by atoms with Gasteiger partial charge in [0.2, 0.25) is 0 Å². The predicted molar refractivity (Wildman–Crippen MR) is 56.7 cm³/mol. The smallest absolute Gasteiger partial charge is 0.333 e. The molecule has 0 amide bonds. The van der Waals surface area contributed by atoms with E-state index in [1.807, 2.05) is 0 Å². The predicted octanol–water partition coefficient (Wildman–Crippen LogP) is 1.72. The molecule has 0 aliphatic carbocycles. The number of rotatable bonds is 6. The third-order valence-corrected chi connectivity index (χ3v) is 3.11. The molecule has 0 rings (SSSR count). The molecule has 0 heterocycles. The van der Waals surface area contributed by atoms with Crippen molar-refractivity contribution in [1.29, 1.82) is 0 Å². The Balaban J connectivity index is 4.14. The van der Waals surface area contributed by atoms with Crippen molar-refractivity contribution in [3.63, 3.8) is 0 Å². The van der Waals surface area contributed by atoms with Gasteiger partial charge in [0.25, 0.3) is 0 Å². The summed E-state index contributed by atoms with van der Waals surface area (Å²) in [6.07, 6.45) is -0.878. The minimum absolute atomic E-state index is 0.148. The Morgan fingerprint density at radius 1 is 1.60 bits per heavy atom. The lowest BCUT2D eigenvalue weighted by molar-refractivity contribution is -0.142. The van der Waals surface area contributed by atoms with E-state index < -0.39 is 19.7 Å². The van der Waals surface area contributed by atoms with Gasteiger partial charge in [0.05, 0.1) is 12.8 Å². The van der Waals surface area contributed by atoms with Gasteiger partial charge in [0.1, 0.15) is 6.10 Å². The van der Waals surface area contributed by atoms with Gasteiger partial charge in [-0.05, 0) is 20.8 Å². The van der Waals surface area contributed by atoms with Gasteiger partial charge in [-0.15, -0.1) is 0 Å². The number of ether oxygens (including phenoxy) is 1. The maximum atomic E-state index is 11.3. The largest absolute Gasteiger partial charge is 0.459 e. The van der Waals surface area contributed by atoms with E-state index in [1.54, 1.807) is 6.92 Å². The van der Waals surface area contributed by atoms with Gasteiger partial charge in [-0.2, -0.15) is 0 Å². The van der Waals surface area contributed by atoms with Crippen LogP contribution in [0.15, 0.2) is 12.2 Å². The zero-order valence-electron chi connectivity index (χ0n) is 9.23. The molecule has 0 aromatic rings. The van der Waals surface area contributed by atoms with E-state index in [4.69, 9.17) is 4.74 Å². The van der Waals surface area contributed by atoms with Gasteiger partial charge < -0.3 is 14.2 Å². The monoisotopic (exact) mass is 236 g/mol. The van der Waals surface area contributed by atoms with Crippen molar-refractivity contribution < 1.29 is 23.5 Å². The van der Waals surface area contributed by atoms with Crippen LogP contribution in [0.1, 0.15) is 20.8 Å². The molecule has 0 saturated carbocycles. The summed E-state index contributed by atoms with van der Waals surface area (Å²) in [5.41, 5.74) is 0.256. The molecular formula is C9H17O5P. The lowest BCUT2D eigenvalue weighted by Crippen LogP contribution is -2.19. The van der Waals surface area contributed by atoms with E-state index in [-0.39, 0.29) is 18.3 Å². The summed E-state index contributed by atoms with van der Waals surface area (Å²) >= 11 is 0. The molecule has 0 aromatic carbocycles. The lowest BCUT2D eigenvalue weighted by Gasteiger charge is -2.16. The van der Waals surface area contributed by atoms with Crippen LogP contribution in [-0.4, -0.2) is 29.7 Å². The molecule has 1 N–H and O–H groups in total. The van der Waals surface area contributed by atoms with E-state index in [0.717, 1.165) is 0 Å². The summed E-state index contributed by atoms with van der Waals surface area (Å²) in [4.78, 5) is 20.3. The molecule has 88 valence electrons. The van der Waals surface area contributed by atoms with E-state index >= 15 is 0 Å². The van der Waals surface area contributed by atoms with Crippen LogP contribution < -0.4 is 0 Å². The molecule has 0 fully saturated rings. The Morgan fingerprint density at radius 2 is 2.13 bits per heavy atom. The van der Waals surface area contributed by atoms with Crippen LogP contribution in [-0.2, 0) is 18.6 Å². The maximum Gasteiger partial charge on any atom is 0.333 e. The second kappa shape index (κ2) is 6.05. The van der Waals surface area contributed by atoms with Crippen LogP contribution in [0.5, 0.6) is 0 Å². The molecular weight excluding hydrogens is 219 g/mol. The zero-order chi connectivity index (χ0) is 12.1. The Kier molecular flexibility index (Phi) is 5.80. The summed E-state index contributed by atoms with van der Waals surface area (Å²) in [6, 6.07) is 0. The fourth-order valence-electron chi connectivity index (χ4n) is 0.900. The standard InChI is InChI=1S/C9H17O5P/c1-5-13-15(11,12)6-8(4)14-9(10)7(2)3/h8H,2,5-6H2,1,3-4H3,(H,11,12). The quantitative estimate of drug-likeness (QED) is 0.432. The van der Waals surface area contributed by atoms with Crippen molar-refractivity contribution in [2.45, 2.75) is 26.9 Å². The number of carbonyl (C=O) groups is 1. The highest BCUT2D eigenvalue weighted by Gasteiger charge is 2.24. The molecule has 15 heavy (non-hydrogen) atoms. The third-order valence-electron chi connectivity index (χ3n) is 1.48. The Morgan fingerprint density at radius 3 is 2.53 bits per heavy atom. The summed E-state index contributed by atoms with van der Waals surface area (Å²) in [5.74, 6) is -0.570. The lowest BCUT2D eigenvalue weighted by atomic mass is 10.3. The van der Waals surface area contributed by atoms with Gasteiger partial charge >= 0.3 is 13.6 Å². The normalized spacial score (nSPS) is 16.5. The molecule has 0 aromatic heterocycles. The topological polar surface area (TPSA) is 72.8 Å². The van der Waals surface area contributed by atoms with Crippen molar-refractivity contribution in [3.8, 4) is 0 Å². The minimum Gasteiger partial charge on any atom is -0.459 e. The second-order valence-corrected chi connectivity index (χ2v) is 5.13. The summed E-state index contributed by atoms with van der Waals surface area (Å²) in [5, 5.41) is 0. The van der Waals surface area contributed by atoms with Crippen LogP contribution in [0.3, 0.4) is 0 Å². The molecule has 0 radical (unpaired) electrons. The van der Waals surface area contributed by atoms with Crippen LogP contribution in [0.25, 0.3) is 0 Å². The SMILES string of the molecule is C=C(C)C(=O)OC(C)CP(=O)(O)OCC. The molecule has 5 nitrogen and oxygen atoms in total. The van der Waals surface area contributed by atoms with Crippen LogP contribution in [0.4, 0.5) is 0 Å². The van der Waals surface area contributed by atoms with Crippen molar-refractivity contribution in [1.82, 2.24) is 0 Å². The molecule has 0 aliphatic rings. The number of hydrogen-bond donors (Lipinski definition) is 1. The van der Waals surface area contributed by atoms with Gasteiger partial charge in [-0.3, -0.25) is 4.57 Å². The van der Waals surface area contributed by atoms with Gasteiger partial charge in [-0.25, -0.2) is 4.79 Å². The molecule has 0 aliphatic heterocycles. The highest BCUT2D eigenvalue weighted by molar-refractivity contribution is 7.52. The highest BCUT2D eigenvalue weighted by Crippen LogP contribution is 2.42. The van der Waals surface area contributed by atoms with E-state index in [9.17, 15) is 14.3 Å². The first-order valence-corrected chi connectivity index (χ1v) is 6.37. The van der Waals surface area contributed by atoms with Gasteiger partial charge in [-0.1, -0.05) is 6.58 Å². The minimum atomic E-state index is -3.64. The van der Waals surface area contributed by atoms with Crippen molar-refractivity contribution in [3.05, 3.63) is 12.2 Å². The van der Waals surface area contributed by atoms with Gasteiger partial charge in [0.15, 0.2) is 0 Å². The first-order chi connectivity index (χ1) is 6.78. The van der Waals surface area contributed by atoms with E-state index in [1.165, 1.54) is 13.8 Å². The molecule has 0 saturated heterocycles.